The second-order valence-electron chi connectivity index (χ2n) is 7.19. The normalized spacial score (nSPS) is 14.8. The van der Waals surface area contributed by atoms with Gasteiger partial charge in [0.25, 0.3) is 11.8 Å². The average Bonchev–Trinajstić information content (AvgIpc) is 3.07. The van der Waals surface area contributed by atoms with E-state index in [1.807, 2.05) is 6.07 Å². The van der Waals surface area contributed by atoms with E-state index in [-0.39, 0.29) is 23.6 Å². The maximum absolute atomic E-state index is 13.8. The molecule has 0 radical (unpaired) electrons. The number of carbonyl (C=O) groups is 2. The van der Waals surface area contributed by atoms with Gasteiger partial charge in [-0.25, -0.2) is 4.39 Å². The highest BCUT2D eigenvalue weighted by Crippen LogP contribution is 2.29. The number of carbonyl (C=O) groups excluding carboxylic acids is 2. The van der Waals surface area contributed by atoms with Gasteiger partial charge in [0.2, 0.25) is 0 Å². The molecule has 1 aliphatic rings. The molecule has 5 nitrogen and oxygen atoms in total. The highest BCUT2D eigenvalue weighted by molar-refractivity contribution is 6.15. The molecule has 1 saturated carbocycles. The fourth-order valence-electron chi connectivity index (χ4n) is 3.74. The van der Waals surface area contributed by atoms with Crippen LogP contribution in [0.25, 0.3) is 10.9 Å². The molecular weight excluding hydrogens is 357 g/mol. The van der Waals surface area contributed by atoms with Crippen LogP contribution >= 0.6 is 0 Å². The van der Waals surface area contributed by atoms with Crippen LogP contribution in [0.1, 0.15) is 53.0 Å². The third kappa shape index (κ3) is 3.76. The second kappa shape index (κ2) is 7.84. The van der Waals surface area contributed by atoms with Crippen molar-refractivity contribution in [2.75, 3.05) is 5.32 Å². The Bertz CT molecular complexity index is 1010. The lowest BCUT2D eigenvalue weighted by atomic mass is 9.95. The third-order valence-corrected chi connectivity index (χ3v) is 5.20. The van der Waals surface area contributed by atoms with Gasteiger partial charge in [0, 0.05) is 22.5 Å². The molecule has 6 heteroatoms. The lowest BCUT2D eigenvalue weighted by molar-refractivity contribution is 0.0924. The van der Waals surface area contributed by atoms with Crippen molar-refractivity contribution in [1.82, 2.24) is 10.3 Å². The van der Waals surface area contributed by atoms with Gasteiger partial charge in [-0.15, -0.1) is 0 Å². The van der Waals surface area contributed by atoms with E-state index in [2.05, 4.69) is 15.6 Å². The van der Waals surface area contributed by atoms with Crippen LogP contribution in [0.15, 0.2) is 48.5 Å². The average molecular weight is 379 g/mol. The van der Waals surface area contributed by atoms with Crippen LogP contribution in [0.4, 0.5) is 10.1 Å². The predicted octanol–water partition coefficient (Wildman–Crippen LogP) is 4.62. The number of fused-ring (bicyclic) bond motifs is 1. The molecule has 3 aromatic rings. The van der Waals surface area contributed by atoms with Gasteiger partial charge >= 0.3 is 0 Å². The lowest BCUT2D eigenvalue weighted by Gasteiger charge is -2.22. The topological polar surface area (TPSA) is 74.0 Å². The Morgan fingerprint density at radius 2 is 1.71 bits per heavy atom. The minimum Gasteiger partial charge on any atom is -0.349 e. The summed E-state index contributed by atoms with van der Waals surface area (Å²) in [6, 6.07) is 13.1. The molecule has 0 aliphatic heterocycles. The Hall–Kier alpha value is -3.15. The minimum atomic E-state index is -0.430. The van der Waals surface area contributed by atoms with E-state index >= 15 is 0 Å². The lowest BCUT2D eigenvalue weighted by Crippen LogP contribution is -2.36. The number of halogens is 1. The molecule has 1 aromatic heterocycles. The van der Waals surface area contributed by atoms with Gasteiger partial charge in [-0.05, 0) is 43.2 Å². The van der Waals surface area contributed by atoms with Crippen LogP contribution in [0.3, 0.4) is 0 Å². The van der Waals surface area contributed by atoms with Crippen LogP contribution in [-0.2, 0) is 0 Å². The molecule has 0 saturated heterocycles. The van der Waals surface area contributed by atoms with E-state index in [0.717, 1.165) is 25.7 Å². The molecule has 0 bridgehead atoms. The monoisotopic (exact) mass is 379 g/mol. The first-order chi connectivity index (χ1) is 13.6. The molecule has 1 aliphatic carbocycles. The van der Waals surface area contributed by atoms with Crippen LogP contribution in [-0.4, -0.2) is 22.8 Å². The first-order valence-corrected chi connectivity index (χ1v) is 9.60. The van der Waals surface area contributed by atoms with E-state index < -0.39 is 5.82 Å². The molecule has 3 N–H and O–H groups in total. The summed E-state index contributed by atoms with van der Waals surface area (Å²) in [5.74, 6) is -1.06. The van der Waals surface area contributed by atoms with E-state index in [1.54, 1.807) is 30.3 Å². The first-order valence-electron chi connectivity index (χ1n) is 9.60. The van der Waals surface area contributed by atoms with E-state index in [1.165, 1.54) is 18.6 Å². The van der Waals surface area contributed by atoms with E-state index in [0.29, 0.717) is 22.2 Å². The molecule has 0 unspecified atom stereocenters. The van der Waals surface area contributed by atoms with E-state index in [9.17, 15) is 14.0 Å². The number of rotatable bonds is 4. The summed E-state index contributed by atoms with van der Waals surface area (Å²) in [6.45, 7) is 0. The maximum Gasteiger partial charge on any atom is 0.270 e. The van der Waals surface area contributed by atoms with Crippen molar-refractivity contribution in [3.05, 3.63) is 65.6 Å². The summed E-state index contributed by atoms with van der Waals surface area (Å²) in [4.78, 5) is 28.6. The Balaban J connectivity index is 1.68. The Morgan fingerprint density at radius 3 is 2.46 bits per heavy atom. The quantitative estimate of drug-likeness (QED) is 0.619. The van der Waals surface area contributed by atoms with Crippen molar-refractivity contribution < 1.29 is 14.0 Å². The SMILES string of the molecule is O=C(Nc1c(C(=O)NC2CCCCC2)[nH]c2ccc(F)cc12)c1ccccc1. The molecule has 2 amide bonds. The molecule has 2 aromatic carbocycles. The Morgan fingerprint density at radius 1 is 0.964 bits per heavy atom. The zero-order valence-corrected chi connectivity index (χ0v) is 15.4. The summed E-state index contributed by atoms with van der Waals surface area (Å²) in [7, 11) is 0. The Kier molecular flexibility index (Phi) is 5.10. The summed E-state index contributed by atoms with van der Waals surface area (Å²) >= 11 is 0. The first kappa shape index (κ1) is 18.2. The third-order valence-electron chi connectivity index (χ3n) is 5.20. The fourth-order valence-corrected chi connectivity index (χ4v) is 3.74. The van der Waals surface area contributed by atoms with E-state index in [4.69, 9.17) is 0 Å². The maximum atomic E-state index is 13.8. The van der Waals surface area contributed by atoms with Crippen LogP contribution in [0.5, 0.6) is 0 Å². The van der Waals surface area contributed by atoms with Crippen molar-refractivity contribution in [3.8, 4) is 0 Å². The van der Waals surface area contributed by atoms with Crippen molar-refractivity contribution in [2.24, 2.45) is 0 Å². The standard InChI is InChI=1S/C22H22FN3O2/c23-15-11-12-18-17(13-15)19(26-21(27)14-7-3-1-4-8-14)20(25-18)22(28)24-16-9-5-2-6-10-16/h1,3-4,7-8,11-13,16,25H,2,5-6,9-10H2,(H,24,28)(H,26,27). The second-order valence-corrected chi connectivity index (χ2v) is 7.19. The van der Waals surface area contributed by atoms with Gasteiger partial charge < -0.3 is 15.6 Å². The largest absolute Gasteiger partial charge is 0.349 e. The summed E-state index contributed by atoms with van der Waals surface area (Å²) in [5, 5.41) is 6.32. The number of H-pyrrole nitrogens is 1. The number of hydrogen-bond acceptors (Lipinski definition) is 2. The predicted molar refractivity (Wildman–Crippen MR) is 107 cm³/mol. The Labute approximate surface area is 162 Å². The zero-order chi connectivity index (χ0) is 19.5. The van der Waals surface area contributed by atoms with Gasteiger partial charge in [0.15, 0.2) is 0 Å². The van der Waals surface area contributed by atoms with Gasteiger partial charge in [-0.1, -0.05) is 37.5 Å². The van der Waals surface area contributed by atoms with Crippen molar-refractivity contribution in [3.63, 3.8) is 0 Å². The minimum absolute atomic E-state index is 0.127. The summed E-state index contributed by atoms with van der Waals surface area (Å²) in [5.41, 5.74) is 1.61. The fraction of sp³-hybridized carbons (Fsp3) is 0.273. The van der Waals surface area contributed by atoms with Crippen LogP contribution in [0.2, 0.25) is 0 Å². The number of anilines is 1. The molecule has 4 rings (SSSR count). The molecule has 144 valence electrons. The zero-order valence-electron chi connectivity index (χ0n) is 15.4. The molecule has 1 heterocycles. The number of aromatic amines is 1. The number of amides is 2. The van der Waals surface area contributed by atoms with Crippen molar-refractivity contribution in [2.45, 2.75) is 38.1 Å². The molecule has 0 atom stereocenters. The van der Waals surface area contributed by atoms with Crippen LogP contribution in [0, 0.1) is 5.82 Å². The number of benzene rings is 2. The smallest absolute Gasteiger partial charge is 0.270 e. The number of nitrogens with one attached hydrogen (secondary N) is 3. The number of aromatic nitrogens is 1. The molecule has 28 heavy (non-hydrogen) atoms. The molecular formula is C22H22FN3O2. The van der Waals surface area contributed by atoms with Gasteiger partial charge in [-0.2, -0.15) is 0 Å². The summed E-state index contributed by atoms with van der Waals surface area (Å²) < 4.78 is 13.8. The number of hydrogen-bond donors (Lipinski definition) is 3. The highest BCUT2D eigenvalue weighted by Gasteiger charge is 2.23. The van der Waals surface area contributed by atoms with Gasteiger partial charge in [0.05, 0.1) is 5.69 Å². The van der Waals surface area contributed by atoms with Gasteiger partial charge in [-0.3, -0.25) is 9.59 Å². The molecule has 0 spiro atoms. The molecule has 1 fully saturated rings. The van der Waals surface area contributed by atoms with Gasteiger partial charge in [0.1, 0.15) is 11.5 Å². The van der Waals surface area contributed by atoms with Crippen molar-refractivity contribution in [1.29, 1.82) is 0 Å². The van der Waals surface area contributed by atoms with Crippen LogP contribution < -0.4 is 10.6 Å². The van der Waals surface area contributed by atoms with Crippen molar-refractivity contribution >= 4 is 28.4 Å². The highest BCUT2D eigenvalue weighted by atomic mass is 19.1. The summed E-state index contributed by atoms with van der Waals surface area (Å²) in [6.07, 6.45) is 5.29.